The molecule has 3 aromatic heterocycles. The summed E-state index contributed by atoms with van der Waals surface area (Å²) in [6.45, 7) is 2.32. The van der Waals surface area contributed by atoms with Crippen LogP contribution in [0.5, 0.6) is 0 Å². The number of rotatable bonds is 7. The molecular weight excluding hydrogens is 508 g/mol. The number of nitrogens with two attached hydrogens (primary N) is 1. The Morgan fingerprint density at radius 1 is 0.974 bits per heavy atom. The van der Waals surface area contributed by atoms with E-state index in [-0.39, 0.29) is 11.9 Å². The molecule has 0 bridgehead atoms. The summed E-state index contributed by atoms with van der Waals surface area (Å²) < 4.78 is 0.936. The number of carbonyl (C=O) groups is 2. The van der Waals surface area contributed by atoms with Gasteiger partial charge in [-0.1, -0.05) is 30.3 Å². The Balaban J connectivity index is 1.29. The van der Waals surface area contributed by atoms with E-state index in [1.807, 2.05) is 79.0 Å². The molecule has 5 aromatic rings. The van der Waals surface area contributed by atoms with Gasteiger partial charge in [-0.15, -0.1) is 11.3 Å². The predicted octanol–water partition coefficient (Wildman–Crippen LogP) is 6.22. The summed E-state index contributed by atoms with van der Waals surface area (Å²) in [6, 6.07) is 20.4. The number of benzene rings is 2. The zero-order valence-corrected chi connectivity index (χ0v) is 22.0. The Labute approximate surface area is 229 Å². The van der Waals surface area contributed by atoms with Crippen molar-refractivity contribution in [3.63, 3.8) is 0 Å². The molecule has 0 saturated heterocycles. The second-order valence-electron chi connectivity index (χ2n) is 8.85. The summed E-state index contributed by atoms with van der Waals surface area (Å²) in [5, 5.41) is 11.4. The SMILES string of the molecule is Cc1cccc(NC(=O)Nc2ccc(-c3csc4c(/C=C/C(=O)NCc5ccccn5)cnc(N)c34)cc2)c1. The summed E-state index contributed by atoms with van der Waals surface area (Å²) in [7, 11) is 0. The average Bonchev–Trinajstić information content (AvgIpc) is 3.39. The zero-order valence-electron chi connectivity index (χ0n) is 21.1. The Hall–Kier alpha value is -5.02. The van der Waals surface area contributed by atoms with Crippen LogP contribution in [-0.4, -0.2) is 21.9 Å². The van der Waals surface area contributed by atoms with Gasteiger partial charge in [-0.2, -0.15) is 0 Å². The molecule has 0 aliphatic heterocycles. The number of thiophene rings is 1. The number of amides is 3. The Morgan fingerprint density at radius 2 is 1.79 bits per heavy atom. The van der Waals surface area contributed by atoms with Crippen molar-refractivity contribution in [1.82, 2.24) is 15.3 Å². The van der Waals surface area contributed by atoms with Crippen LogP contribution in [0.2, 0.25) is 0 Å². The standard InChI is InChI=1S/C30H26N6O2S/c1-19-5-4-7-23(15-19)36-30(38)35-22-11-8-20(9-12-22)25-18-39-28-21(16-34-29(31)27(25)28)10-13-26(37)33-17-24-6-2-3-14-32-24/h2-16,18H,17H2,1H3,(H2,31,34)(H,33,37)(H2,35,36,38)/b13-10+. The topological polar surface area (TPSA) is 122 Å². The third-order valence-corrected chi connectivity index (χ3v) is 7.00. The highest BCUT2D eigenvalue weighted by Crippen LogP contribution is 2.39. The number of nitrogens with one attached hydrogen (secondary N) is 3. The van der Waals surface area contributed by atoms with Crippen LogP contribution >= 0.6 is 11.3 Å². The first kappa shape index (κ1) is 25.6. The summed E-state index contributed by atoms with van der Waals surface area (Å²) in [5.74, 6) is 0.190. The number of hydrogen-bond donors (Lipinski definition) is 4. The van der Waals surface area contributed by atoms with Gasteiger partial charge >= 0.3 is 6.03 Å². The lowest BCUT2D eigenvalue weighted by Gasteiger charge is -2.09. The minimum Gasteiger partial charge on any atom is -0.383 e. The number of nitrogens with zero attached hydrogens (tertiary/aromatic N) is 2. The minimum absolute atomic E-state index is 0.225. The van der Waals surface area contributed by atoms with E-state index in [1.54, 1.807) is 18.5 Å². The molecule has 0 atom stereocenters. The molecule has 0 aliphatic carbocycles. The molecule has 8 nitrogen and oxygen atoms in total. The average molecular weight is 535 g/mol. The maximum atomic E-state index is 12.4. The Kier molecular flexibility index (Phi) is 7.60. The lowest BCUT2D eigenvalue weighted by Crippen LogP contribution is -2.20. The fourth-order valence-corrected chi connectivity index (χ4v) is 5.15. The number of hydrogen-bond acceptors (Lipinski definition) is 6. The fourth-order valence-electron chi connectivity index (χ4n) is 4.07. The van der Waals surface area contributed by atoms with E-state index in [1.165, 1.54) is 17.4 Å². The maximum Gasteiger partial charge on any atom is 0.323 e. The Morgan fingerprint density at radius 3 is 2.56 bits per heavy atom. The highest BCUT2D eigenvalue weighted by Gasteiger charge is 2.14. The number of pyridine rings is 2. The summed E-state index contributed by atoms with van der Waals surface area (Å²) in [5.41, 5.74) is 12.2. The number of nitrogen functional groups attached to an aromatic ring is 1. The molecule has 3 heterocycles. The van der Waals surface area contributed by atoms with Gasteiger partial charge in [-0.3, -0.25) is 9.78 Å². The van der Waals surface area contributed by atoms with E-state index in [2.05, 4.69) is 25.9 Å². The van der Waals surface area contributed by atoms with E-state index in [0.29, 0.717) is 18.1 Å². The lowest BCUT2D eigenvalue weighted by molar-refractivity contribution is -0.116. The third kappa shape index (κ3) is 6.28. The molecule has 5 N–H and O–H groups in total. The molecule has 5 rings (SSSR count). The molecule has 0 aliphatic rings. The number of aromatic nitrogens is 2. The van der Waals surface area contributed by atoms with E-state index in [0.717, 1.165) is 43.7 Å². The minimum atomic E-state index is -0.316. The van der Waals surface area contributed by atoms with E-state index >= 15 is 0 Å². The van der Waals surface area contributed by atoms with Crippen molar-refractivity contribution in [3.8, 4) is 11.1 Å². The van der Waals surface area contributed by atoms with E-state index in [9.17, 15) is 9.59 Å². The molecule has 2 aromatic carbocycles. The number of anilines is 3. The fraction of sp³-hybridized carbons (Fsp3) is 0.0667. The van der Waals surface area contributed by atoms with Crippen molar-refractivity contribution < 1.29 is 9.59 Å². The lowest BCUT2D eigenvalue weighted by atomic mass is 10.0. The van der Waals surface area contributed by atoms with Crippen LogP contribution < -0.4 is 21.7 Å². The molecule has 0 spiro atoms. The number of fused-ring (bicyclic) bond motifs is 1. The molecule has 0 fully saturated rings. The van der Waals surface area contributed by atoms with Crippen molar-refractivity contribution in [2.75, 3.05) is 16.4 Å². The second-order valence-corrected chi connectivity index (χ2v) is 9.73. The normalized spacial score (nSPS) is 11.0. The van der Waals surface area contributed by atoms with Gasteiger partial charge in [0.1, 0.15) is 5.82 Å². The molecule has 0 unspecified atom stereocenters. The molecule has 0 saturated carbocycles. The van der Waals surface area contributed by atoms with Gasteiger partial charge in [0.25, 0.3) is 0 Å². The molecule has 194 valence electrons. The molecule has 3 amide bonds. The first-order valence-corrected chi connectivity index (χ1v) is 13.1. The van der Waals surface area contributed by atoms with Crippen LogP contribution in [0, 0.1) is 6.92 Å². The largest absolute Gasteiger partial charge is 0.383 e. The van der Waals surface area contributed by atoms with Crippen LogP contribution in [0.3, 0.4) is 0 Å². The van der Waals surface area contributed by atoms with Gasteiger partial charge in [0.05, 0.1) is 12.2 Å². The Bertz CT molecular complexity index is 1660. The number of carbonyl (C=O) groups excluding carboxylic acids is 2. The summed E-state index contributed by atoms with van der Waals surface area (Å²) >= 11 is 1.54. The number of aryl methyl sites for hydroxylation is 1. The van der Waals surface area contributed by atoms with Crippen molar-refractivity contribution in [2.45, 2.75) is 13.5 Å². The van der Waals surface area contributed by atoms with Crippen molar-refractivity contribution in [2.24, 2.45) is 0 Å². The number of urea groups is 1. The first-order chi connectivity index (χ1) is 19.0. The summed E-state index contributed by atoms with van der Waals surface area (Å²) in [6.07, 6.45) is 6.58. The van der Waals surface area contributed by atoms with Crippen molar-refractivity contribution in [3.05, 3.63) is 107 Å². The predicted molar refractivity (Wildman–Crippen MR) is 158 cm³/mol. The van der Waals surface area contributed by atoms with Crippen molar-refractivity contribution >= 4 is 56.6 Å². The maximum absolute atomic E-state index is 12.4. The molecule has 0 radical (unpaired) electrons. The third-order valence-electron chi connectivity index (χ3n) is 5.97. The van der Waals surface area contributed by atoms with Crippen molar-refractivity contribution in [1.29, 1.82) is 0 Å². The second kappa shape index (κ2) is 11.6. The van der Waals surface area contributed by atoms with Crippen LogP contribution in [0.1, 0.15) is 16.8 Å². The van der Waals surface area contributed by atoms with Crippen LogP contribution in [0.25, 0.3) is 27.3 Å². The van der Waals surface area contributed by atoms with Gasteiger partial charge < -0.3 is 21.7 Å². The smallest absolute Gasteiger partial charge is 0.323 e. The molecule has 9 heteroatoms. The molecule has 39 heavy (non-hydrogen) atoms. The van der Waals surface area contributed by atoms with Gasteiger partial charge in [0, 0.05) is 51.1 Å². The van der Waals surface area contributed by atoms with Gasteiger partial charge in [-0.05, 0) is 65.9 Å². The van der Waals surface area contributed by atoms with E-state index < -0.39 is 0 Å². The monoisotopic (exact) mass is 534 g/mol. The highest BCUT2D eigenvalue weighted by atomic mass is 32.1. The van der Waals surface area contributed by atoms with Crippen LogP contribution in [0.15, 0.2) is 90.6 Å². The van der Waals surface area contributed by atoms with Gasteiger partial charge in [0.2, 0.25) is 5.91 Å². The quantitative estimate of drug-likeness (QED) is 0.185. The van der Waals surface area contributed by atoms with Gasteiger partial charge in [0.15, 0.2) is 0 Å². The highest BCUT2D eigenvalue weighted by molar-refractivity contribution is 7.18. The first-order valence-electron chi connectivity index (χ1n) is 12.2. The van der Waals surface area contributed by atoms with E-state index in [4.69, 9.17) is 5.73 Å². The van der Waals surface area contributed by atoms with Crippen LogP contribution in [-0.2, 0) is 11.3 Å². The van der Waals surface area contributed by atoms with Crippen LogP contribution in [0.4, 0.5) is 22.0 Å². The van der Waals surface area contributed by atoms with Gasteiger partial charge in [-0.25, -0.2) is 9.78 Å². The summed E-state index contributed by atoms with van der Waals surface area (Å²) in [4.78, 5) is 33.3. The zero-order chi connectivity index (χ0) is 27.2. The molecular formula is C30H26N6O2S.